The number of aromatic nitrogens is 2. The first kappa shape index (κ1) is 13.2. The summed E-state index contributed by atoms with van der Waals surface area (Å²) in [6.07, 6.45) is 9.36. The van der Waals surface area contributed by atoms with Gasteiger partial charge in [0.05, 0.1) is 18.4 Å². The van der Waals surface area contributed by atoms with Crippen molar-refractivity contribution < 1.29 is 0 Å². The number of benzene rings is 1. The average molecular weight is 269 g/mol. The Morgan fingerprint density at radius 1 is 1.25 bits per heavy atom. The van der Waals surface area contributed by atoms with Gasteiger partial charge in [0.1, 0.15) is 0 Å². The van der Waals surface area contributed by atoms with Crippen LogP contribution in [-0.2, 0) is 6.54 Å². The van der Waals surface area contributed by atoms with Gasteiger partial charge < -0.3 is 5.32 Å². The number of nitrogens with zero attached hydrogens (tertiary/aromatic N) is 2. The molecule has 1 aromatic carbocycles. The SMILES string of the molecule is CC1CCCC(Nc2cnn(Cc3ccccc3)c2)C1. The highest BCUT2D eigenvalue weighted by Crippen LogP contribution is 2.26. The van der Waals surface area contributed by atoms with Crippen molar-refractivity contribution >= 4 is 5.69 Å². The first-order chi connectivity index (χ1) is 9.79. The Balaban J connectivity index is 1.59. The third-order valence-electron chi connectivity index (χ3n) is 4.13. The smallest absolute Gasteiger partial charge is 0.0728 e. The zero-order valence-corrected chi connectivity index (χ0v) is 12.1. The number of hydrogen-bond acceptors (Lipinski definition) is 2. The van der Waals surface area contributed by atoms with Gasteiger partial charge in [0.25, 0.3) is 0 Å². The van der Waals surface area contributed by atoms with Gasteiger partial charge in [-0.25, -0.2) is 0 Å². The molecule has 106 valence electrons. The maximum atomic E-state index is 4.45. The predicted octanol–water partition coefficient (Wildman–Crippen LogP) is 3.92. The van der Waals surface area contributed by atoms with E-state index in [1.165, 1.54) is 31.2 Å². The standard InChI is InChI=1S/C17H23N3/c1-14-6-5-9-16(10-14)19-17-11-18-20(13-17)12-15-7-3-2-4-8-15/h2-4,7-8,11,13-14,16,19H,5-6,9-10,12H2,1H3. The molecule has 2 unspecified atom stereocenters. The molecule has 3 heteroatoms. The van der Waals surface area contributed by atoms with Gasteiger partial charge in [-0.15, -0.1) is 0 Å². The molecule has 1 heterocycles. The zero-order valence-electron chi connectivity index (χ0n) is 12.1. The van der Waals surface area contributed by atoms with Gasteiger partial charge in [0.15, 0.2) is 0 Å². The van der Waals surface area contributed by atoms with E-state index in [9.17, 15) is 0 Å². The molecule has 3 rings (SSSR count). The second-order valence-electron chi connectivity index (χ2n) is 6.03. The molecule has 0 radical (unpaired) electrons. The quantitative estimate of drug-likeness (QED) is 0.911. The van der Waals surface area contributed by atoms with Crippen LogP contribution >= 0.6 is 0 Å². The van der Waals surface area contributed by atoms with E-state index in [0.29, 0.717) is 6.04 Å². The summed E-state index contributed by atoms with van der Waals surface area (Å²) >= 11 is 0. The highest BCUT2D eigenvalue weighted by Gasteiger charge is 2.18. The molecule has 1 fully saturated rings. The van der Waals surface area contributed by atoms with Crippen LogP contribution in [0.15, 0.2) is 42.7 Å². The summed E-state index contributed by atoms with van der Waals surface area (Å²) in [5.41, 5.74) is 2.44. The number of hydrogen-bond donors (Lipinski definition) is 1. The molecule has 0 spiro atoms. The Labute approximate surface area is 121 Å². The third-order valence-corrected chi connectivity index (χ3v) is 4.13. The van der Waals surface area contributed by atoms with E-state index >= 15 is 0 Å². The van der Waals surface area contributed by atoms with Gasteiger partial charge >= 0.3 is 0 Å². The van der Waals surface area contributed by atoms with E-state index in [4.69, 9.17) is 0 Å². The molecule has 1 aromatic heterocycles. The predicted molar refractivity (Wildman–Crippen MR) is 82.8 cm³/mol. The third kappa shape index (κ3) is 3.41. The van der Waals surface area contributed by atoms with Gasteiger partial charge in [-0.2, -0.15) is 5.10 Å². The minimum absolute atomic E-state index is 0.619. The van der Waals surface area contributed by atoms with Gasteiger partial charge in [-0.3, -0.25) is 4.68 Å². The van der Waals surface area contributed by atoms with Crippen molar-refractivity contribution in [3.05, 3.63) is 48.3 Å². The first-order valence-electron chi connectivity index (χ1n) is 7.62. The maximum absolute atomic E-state index is 4.45. The van der Waals surface area contributed by atoms with Crippen molar-refractivity contribution in [1.82, 2.24) is 9.78 Å². The summed E-state index contributed by atoms with van der Waals surface area (Å²) in [4.78, 5) is 0. The lowest BCUT2D eigenvalue weighted by Gasteiger charge is -2.27. The molecule has 1 saturated carbocycles. The molecule has 0 bridgehead atoms. The van der Waals surface area contributed by atoms with Crippen molar-refractivity contribution in [1.29, 1.82) is 0 Å². The summed E-state index contributed by atoms with van der Waals surface area (Å²) in [7, 11) is 0. The fourth-order valence-electron chi connectivity index (χ4n) is 3.10. The Bertz CT molecular complexity index is 532. The maximum Gasteiger partial charge on any atom is 0.0728 e. The number of nitrogens with one attached hydrogen (secondary N) is 1. The van der Waals surface area contributed by atoms with Crippen molar-refractivity contribution in [3.8, 4) is 0 Å². The van der Waals surface area contributed by atoms with Gasteiger partial charge in [0, 0.05) is 12.2 Å². The van der Waals surface area contributed by atoms with Crippen LogP contribution in [-0.4, -0.2) is 15.8 Å². The minimum atomic E-state index is 0.619. The van der Waals surface area contributed by atoms with E-state index in [0.717, 1.165) is 18.2 Å². The van der Waals surface area contributed by atoms with Crippen molar-refractivity contribution in [3.63, 3.8) is 0 Å². The van der Waals surface area contributed by atoms with Crippen LogP contribution in [0.4, 0.5) is 5.69 Å². The Morgan fingerprint density at radius 3 is 2.90 bits per heavy atom. The molecule has 0 amide bonds. The van der Waals surface area contributed by atoms with E-state index < -0.39 is 0 Å². The van der Waals surface area contributed by atoms with Crippen LogP contribution in [0.5, 0.6) is 0 Å². The summed E-state index contributed by atoms with van der Waals surface area (Å²) in [6, 6.07) is 11.1. The second-order valence-corrected chi connectivity index (χ2v) is 6.03. The van der Waals surface area contributed by atoms with Crippen LogP contribution in [0.25, 0.3) is 0 Å². The fourth-order valence-corrected chi connectivity index (χ4v) is 3.10. The van der Waals surface area contributed by atoms with E-state index in [-0.39, 0.29) is 0 Å². The van der Waals surface area contributed by atoms with Gasteiger partial charge in [0.2, 0.25) is 0 Å². The second kappa shape index (κ2) is 6.12. The molecule has 1 aliphatic carbocycles. The Hall–Kier alpha value is -1.77. The van der Waals surface area contributed by atoms with Gasteiger partial charge in [-0.05, 0) is 24.3 Å². The van der Waals surface area contributed by atoms with E-state index in [2.05, 4.69) is 47.8 Å². The zero-order chi connectivity index (χ0) is 13.8. The summed E-state index contributed by atoms with van der Waals surface area (Å²) in [5, 5.41) is 8.08. The Morgan fingerprint density at radius 2 is 2.10 bits per heavy atom. The topological polar surface area (TPSA) is 29.9 Å². The Kier molecular flexibility index (Phi) is 4.05. The largest absolute Gasteiger partial charge is 0.380 e. The number of anilines is 1. The molecule has 2 aromatic rings. The lowest BCUT2D eigenvalue weighted by Crippen LogP contribution is -2.25. The minimum Gasteiger partial charge on any atom is -0.380 e. The molecule has 1 N–H and O–H groups in total. The van der Waals surface area contributed by atoms with Crippen LogP contribution < -0.4 is 5.32 Å². The van der Waals surface area contributed by atoms with Crippen molar-refractivity contribution in [2.24, 2.45) is 5.92 Å². The molecule has 3 nitrogen and oxygen atoms in total. The van der Waals surface area contributed by atoms with Crippen LogP contribution in [0.2, 0.25) is 0 Å². The van der Waals surface area contributed by atoms with E-state index in [1.54, 1.807) is 0 Å². The molecule has 2 atom stereocenters. The molecule has 0 aliphatic heterocycles. The number of rotatable bonds is 4. The molecular formula is C17H23N3. The normalized spacial score (nSPS) is 22.6. The summed E-state index contributed by atoms with van der Waals surface area (Å²) in [6.45, 7) is 3.19. The van der Waals surface area contributed by atoms with Crippen LogP contribution in [0.1, 0.15) is 38.2 Å². The monoisotopic (exact) mass is 269 g/mol. The lowest BCUT2D eigenvalue weighted by molar-refractivity contribution is 0.358. The molecule has 1 aliphatic rings. The average Bonchev–Trinajstić information content (AvgIpc) is 2.87. The lowest BCUT2D eigenvalue weighted by atomic mass is 9.87. The van der Waals surface area contributed by atoms with Gasteiger partial charge in [-0.1, -0.05) is 50.1 Å². The van der Waals surface area contributed by atoms with Crippen molar-refractivity contribution in [2.75, 3.05) is 5.32 Å². The van der Waals surface area contributed by atoms with Crippen molar-refractivity contribution in [2.45, 2.75) is 45.2 Å². The molecular weight excluding hydrogens is 246 g/mol. The van der Waals surface area contributed by atoms with Crippen LogP contribution in [0, 0.1) is 5.92 Å². The first-order valence-corrected chi connectivity index (χ1v) is 7.62. The van der Waals surface area contributed by atoms with Crippen LogP contribution in [0.3, 0.4) is 0 Å². The fraction of sp³-hybridized carbons (Fsp3) is 0.471. The van der Waals surface area contributed by atoms with E-state index in [1.807, 2.05) is 16.9 Å². The molecule has 20 heavy (non-hydrogen) atoms. The molecule has 0 saturated heterocycles. The summed E-state index contributed by atoms with van der Waals surface area (Å²) < 4.78 is 2.00. The highest BCUT2D eigenvalue weighted by molar-refractivity contribution is 5.39. The highest BCUT2D eigenvalue weighted by atomic mass is 15.3. The summed E-state index contributed by atoms with van der Waals surface area (Å²) in [5.74, 6) is 0.848.